The van der Waals surface area contributed by atoms with E-state index in [1.54, 1.807) is 0 Å². The molecular formula is C36H21N3. The lowest BCUT2D eigenvalue weighted by atomic mass is 10.0. The van der Waals surface area contributed by atoms with Crippen LogP contribution in [0.25, 0.3) is 87.4 Å². The quantitative estimate of drug-likeness (QED) is 0.235. The van der Waals surface area contributed by atoms with Gasteiger partial charge in [-0.15, -0.1) is 0 Å². The van der Waals surface area contributed by atoms with Gasteiger partial charge in [-0.05, 0) is 47.9 Å². The molecule has 0 spiro atoms. The summed E-state index contributed by atoms with van der Waals surface area (Å²) in [6, 6.07) is 44.3. The van der Waals surface area contributed by atoms with Gasteiger partial charge >= 0.3 is 0 Å². The zero-order valence-electron chi connectivity index (χ0n) is 20.9. The molecule has 0 aliphatic carbocycles. The summed E-state index contributed by atoms with van der Waals surface area (Å²) in [7, 11) is 0. The molecule has 6 aromatic carbocycles. The topological polar surface area (TPSA) is 25.1 Å². The largest absolute Gasteiger partial charge is 0.353 e. The normalized spacial score (nSPS) is 12.6. The molecule has 0 saturated heterocycles. The van der Waals surface area contributed by atoms with Crippen molar-refractivity contribution in [3.63, 3.8) is 0 Å². The van der Waals surface area contributed by atoms with E-state index in [4.69, 9.17) is 0 Å². The molecule has 39 heavy (non-hydrogen) atoms. The Hall–Kier alpha value is -5.28. The number of nitrogens with zero attached hydrogens (tertiary/aromatic N) is 2. The van der Waals surface area contributed by atoms with Gasteiger partial charge in [0.25, 0.3) is 0 Å². The minimum Gasteiger partial charge on any atom is -0.353 e. The third kappa shape index (κ3) is 2.27. The molecule has 4 aromatic heterocycles. The van der Waals surface area contributed by atoms with Crippen LogP contribution in [0.2, 0.25) is 0 Å². The van der Waals surface area contributed by atoms with Crippen LogP contribution >= 0.6 is 0 Å². The molecule has 3 heteroatoms. The molecule has 4 heterocycles. The Balaban J connectivity index is 1.60. The van der Waals surface area contributed by atoms with E-state index >= 15 is 0 Å². The van der Waals surface area contributed by atoms with Gasteiger partial charge < -0.3 is 14.0 Å². The summed E-state index contributed by atoms with van der Waals surface area (Å²) in [5, 5.41) is 10.3. The molecule has 0 bridgehead atoms. The fourth-order valence-electron chi connectivity index (χ4n) is 7.28. The molecule has 10 aromatic rings. The van der Waals surface area contributed by atoms with Crippen LogP contribution in [-0.4, -0.2) is 14.0 Å². The summed E-state index contributed by atoms with van der Waals surface area (Å²) in [5.74, 6) is 0. The van der Waals surface area contributed by atoms with Crippen LogP contribution in [0.15, 0.2) is 121 Å². The van der Waals surface area contributed by atoms with E-state index in [-0.39, 0.29) is 0 Å². The van der Waals surface area contributed by atoms with E-state index in [1.807, 2.05) is 0 Å². The molecule has 3 nitrogen and oxygen atoms in total. The van der Waals surface area contributed by atoms with E-state index in [2.05, 4.69) is 135 Å². The summed E-state index contributed by atoms with van der Waals surface area (Å²) in [6.45, 7) is 0. The first kappa shape index (κ1) is 19.8. The van der Waals surface area contributed by atoms with Gasteiger partial charge in [0.1, 0.15) is 0 Å². The van der Waals surface area contributed by atoms with Crippen LogP contribution < -0.4 is 0 Å². The van der Waals surface area contributed by atoms with E-state index in [0.717, 1.165) is 0 Å². The maximum absolute atomic E-state index is 3.91. The fourth-order valence-corrected chi connectivity index (χ4v) is 7.28. The second kappa shape index (κ2) is 6.77. The van der Waals surface area contributed by atoms with Gasteiger partial charge in [0.05, 0.1) is 33.1 Å². The molecular weight excluding hydrogens is 474 g/mol. The van der Waals surface area contributed by atoms with E-state index in [1.165, 1.54) is 87.4 Å². The Morgan fingerprint density at radius 1 is 0.436 bits per heavy atom. The summed E-state index contributed by atoms with van der Waals surface area (Å²) in [4.78, 5) is 3.91. The molecule has 0 radical (unpaired) electrons. The second-order valence-electron chi connectivity index (χ2n) is 10.6. The molecule has 180 valence electrons. The number of aromatic amines is 1. The Labute approximate surface area is 222 Å². The third-order valence-electron chi connectivity index (χ3n) is 8.75. The van der Waals surface area contributed by atoms with Gasteiger partial charge in [-0.1, -0.05) is 78.9 Å². The minimum atomic E-state index is 1.17. The number of fused-ring (bicyclic) bond motifs is 9. The predicted molar refractivity (Wildman–Crippen MR) is 165 cm³/mol. The molecule has 0 amide bonds. The third-order valence-corrected chi connectivity index (χ3v) is 8.75. The number of para-hydroxylation sites is 4. The Morgan fingerprint density at radius 3 is 1.92 bits per heavy atom. The first-order chi connectivity index (χ1) is 19.4. The van der Waals surface area contributed by atoms with Crippen LogP contribution in [0.1, 0.15) is 0 Å². The first-order valence-corrected chi connectivity index (χ1v) is 13.5. The van der Waals surface area contributed by atoms with Crippen molar-refractivity contribution in [1.82, 2.24) is 14.0 Å². The van der Waals surface area contributed by atoms with Gasteiger partial charge in [-0.25, -0.2) is 0 Å². The number of nitrogens with one attached hydrogen (secondary N) is 1. The minimum absolute atomic E-state index is 1.17. The van der Waals surface area contributed by atoms with Gasteiger partial charge in [0, 0.05) is 48.9 Å². The zero-order chi connectivity index (χ0) is 25.2. The van der Waals surface area contributed by atoms with E-state index < -0.39 is 0 Å². The van der Waals surface area contributed by atoms with Crippen LogP contribution in [-0.2, 0) is 0 Å². The average molecular weight is 496 g/mol. The molecule has 0 atom stereocenters. The monoisotopic (exact) mass is 495 g/mol. The summed E-state index contributed by atoms with van der Waals surface area (Å²) < 4.78 is 4.92. The van der Waals surface area contributed by atoms with Crippen LogP contribution in [0.4, 0.5) is 0 Å². The number of H-pyrrole nitrogens is 1. The molecule has 0 aliphatic heterocycles. The Kier molecular flexibility index (Phi) is 3.44. The first-order valence-electron chi connectivity index (χ1n) is 13.5. The van der Waals surface area contributed by atoms with Crippen molar-refractivity contribution in [3.05, 3.63) is 121 Å². The Bertz CT molecular complexity index is 2590. The predicted octanol–water partition coefficient (Wildman–Crippen LogP) is 9.57. The summed E-state index contributed by atoms with van der Waals surface area (Å²) in [6.07, 6.45) is 0. The van der Waals surface area contributed by atoms with Crippen molar-refractivity contribution in [2.45, 2.75) is 0 Å². The number of benzene rings is 6. The van der Waals surface area contributed by atoms with Gasteiger partial charge in [-0.2, -0.15) is 0 Å². The lowest BCUT2D eigenvalue weighted by Gasteiger charge is -2.09. The zero-order valence-corrected chi connectivity index (χ0v) is 20.9. The van der Waals surface area contributed by atoms with Gasteiger partial charge in [0.15, 0.2) is 0 Å². The van der Waals surface area contributed by atoms with Crippen molar-refractivity contribution >= 4 is 81.7 Å². The van der Waals surface area contributed by atoms with E-state index in [9.17, 15) is 0 Å². The smallest absolute Gasteiger partial charge is 0.0783 e. The highest BCUT2D eigenvalue weighted by Crippen LogP contribution is 2.46. The molecule has 0 unspecified atom stereocenters. The molecule has 0 aliphatic rings. The maximum Gasteiger partial charge on any atom is 0.0783 e. The Morgan fingerprint density at radius 2 is 1.08 bits per heavy atom. The van der Waals surface area contributed by atoms with Crippen molar-refractivity contribution < 1.29 is 0 Å². The summed E-state index contributed by atoms with van der Waals surface area (Å²) >= 11 is 0. The van der Waals surface area contributed by atoms with Crippen LogP contribution in [0.3, 0.4) is 0 Å². The van der Waals surface area contributed by atoms with Crippen molar-refractivity contribution in [3.8, 4) is 5.69 Å². The van der Waals surface area contributed by atoms with Crippen LogP contribution in [0.5, 0.6) is 0 Å². The van der Waals surface area contributed by atoms with Gasteiger partial charge in [-0.3, -0.25) is 0 Å². The highest BCUT2D eigenvalue weighted by atomic mass is 15.0. The highest BCUT2D eigenvalue weighted by Gasteiger charge is 2.23. The molecule has 0 fully saturated rings. The SMILES string of the molecule is c1ccc(-n2c3ccccc3c3cc4c5cccc6c7ccccc7n(c7cccc8[nH]c(c4c87)c32)c56)cc1. The second-order valence-corrected chi connectivity index (χ2v) is 10.6. The van der Waals surface area contributed by atoms with Crippen molar-refractivity contribution in [2.75, 3.05) is 0 Å². The maximum atomic E-state index is 3.91. The number of hydrogen-bond acceptors (Lipinski definition) is 0. The lowest BCUT2D eigenvalue weighted by Crippen LogP contribution is -1.93. The van der Waals surface area contributed by atoms with Crippen LogP contribution in [0, 0.1) is 0 Å². The standard InChI is InChI=1S/C36H21N3/c1-2-10-21(11-3-1)38-29-17-6-5-13-23(29)27-20-26-25-15-8-14-24-22-12-4-7-18-30(22)39(35(24)25)31-19-9-16-28-33(31)32(26)34(37-28)36(27)38/h1-20,37H. The van der Waals surface area contributed by atoms with Crippen molar-refractivity contribution in [1.29, 1.82) is 0 Å². The summed E-state index contributed by atoms with van der Waals surface area (Å²) in [5.41, 5.74) is 9.75. The number of hydrogen-bond donors (Lipinski definition) is 1. The number of rotatable bonds is 1. The molecule has 1 N–H and O–H groups in total. The van der Waals surface area contributed by atoms with E-state index in [0.29, 0.717) is 0 Å². The van der Waals surface area contributed by atoms with Gasteiger partial charge in [0.2, 0.25) is 0 Å². The fraction of sp³-hybridized carbons (Fsp3) is 0. The average Bonchev–Trinajstić information content (AvgIpc) is 3.62. The van der Waals surface area contributed by atoms with Crippen molar-refractivity contribution in [2.24, 2.45) is 0 Å². The number of aromatic nitrogens is 3. The molecule has 0 saturated carbocycles. The lowest BCUT2D eigenvalue weighted by molar-refractivity contribution is 1.18. The molecule has 10 rings (SSSR count). The highest BCUT2D eigenvalue weighted by molar-refractivity contribution is 6.36.